The van der Waals surface area contributed by atoms with E-state index in [2.05, 4.69) is 12.1 Å². The van der Waals surface area contributed by atoms with Gasteiger partial charge in [-0.25, -0.2) is 0 Å². The molecule has 2 N–H and O–H groups in total. The van der Waals surface area contributed by atoms with Crippen LogP contribution in [0.2, 0.25) is 0 Å². The number of ketones is 1. The first-order chi connectivity index (χ1) is 8.33. The minimum atomic E-state index is 0.390. The van der Waals surface area contributed by atoms with E-state index in [9.17, 15) is 4.79 Å². The molecule has 0 aliphatic rings. The van der Waals surface area contributed by atoms with Crippen LogP contribution in [0.25, 0.3) is 0 Å². The fraction of sp³-hybridized carbons (Fsp3) is 0.533. The number of Topliss-reactive ketones (excluding diaryl/α,β-unsaturated/α-hetero) is 1. The molecule has 2 nitrogen and oxygen atoms in total. The normalized spacial score (nSPS) is 10.4. The number of hydrogen-bond acceptors (Lipinski definition) is 2. The van der Waals surface area contributed by atoms with Crippen LogP contribution in [0.4, 0.5) is 0 Å². The molecule has 17 heavy (non-hydrogen) atoms. The lowest BCUT2D eigenvalue weighted by Gasteiger charge is -2.02. The summed E-state index contributed by atoms with van der Waals surface area (Å²) in [6.45, 7) is 0.766. The summed E-state index contributed by atoms with van der Waals surface area (Å²) >= 11 is 0. The maximum atomic E-state index is 11.6. The van der Waals surface area contributed by atoms with Crippen molar-refractivity contribution in [2.45, 2.75) is 44.9 Å². The Bertz CT molecular complexity index is 308. The van der Waals surface area contributed by atoms with Crippen molar-refractivity contribution in [2.24, 2.45) is 5.73 Å². The maximum absolute atomic E-state index is 11.6. The predicted molar refractivity (Wildman–Crippen MR) is 71.9 cm³/mol. The summed E-state index contributed by atoms with van der Waals surface area (Å²) in [5.74, 6) is 0.390. The van der Waals surface area contributed by atoms with Crippen molar-refractivity contribution < 1.29 is 4.79 Å². The van der Waals surface area contributed by atoms with E-state index in [0.717, 1.165) is 45.1 Å². The van der Waals surface area contributed by atoms with Crippen molar-refractivity contribution >= 4 is 5.78 Å². The van der Waals surface area contributed by atoms with E-state index >= 15 is 0 Å². The highest BCUT2D eigenvalue weighted by Gasteiger charge is 2.02. The van der Waals surface area contributed by atoms with Crippen molar-refractivity contribution in [1.82, 2.24) is 0 Å². The van der Waals surface area contributed by atoms with E-state index in [4.69, 9.17) is 5.73 Å². The molecule has 94 valence electrons. The van der Waals surface area contributed by atoms with Gasteiger partial charge in [-0.05, 0) is 31.4 Å². The molecule has 0 fully saturated rings. The van der Waals surface area contributed by atoms with Crippen LogP contribution in [0.3, 0.4) is 0 Å². The largest absolute Gasteiger partial charge is 0.330 e. The Kier molecular flexibility index (Phi) is 7.32. The molecule has 0 aliphatic carbocycles. The number of benzene rings is 1. The topological polar surface area (TPSA) is 43.1 Å². The van der Waals surface area contributed by atoms with E-state index in [-0.39, 0.29) is 0 Å². The van der Waals surface area contributed by atoms with Crippen LogP contribution in [0.5, 0.6) is 0 Å². The number of unbranched alkanes of at least 4 members (excludes halogenated alkanes) is 3. The van der Waals surface area contributed by atoms with Crippen LogP contribution >= 0.6 is 0 Å². The zero-order valence-corrected chi connectivity index (χ0v) is 10.5. The van der Waals surface area contributed by atoms with E-state index in [1.54, 1.807) is 0 Å². The van der Waals surface area contributed by atoms with Gasteiger partial charge in [-0.1, -0.05) is 43.2 Å². The Labute approximate surface area is 104 Å². The van der Waals surface area contributed by atoms with E-state index in [0.29, 0.717) is 12.2 Å². The summed E-state index contributed by atoms with van der Waals surface area (Å²) in [4.78, 5) is 11.6. The average molecular weight is 233 g/mol. The van der Waals surface area contributed by atoms with Crippen LogP contribution in [0.15, 0.2) is 30.3 Å². The van der Waals surface area contributed by atoms with E-state index < -0.39 is 0 Å². The first-order valence-electron chi connectivity index (χ1n) is 6.58. The van der Waals surface area contributed by atoms with Crippen LogP contribution in [0, 0.1) is 0 Å². The lowest BCUT2D eigenvalue weighted by atomic mass is 10.0. The van der Waals surface area contributed by atoms with Crippen LogP contribution in [-0.2, 0) is 11.2 Å². The summed E-state index contributed by atoms with van der Waals surface area (Å²) in [6.07, 6.45) is 6.68. The van der Waals surface area contributed by atoms with Gasteiger partial charge < -0.3 is 5.73 Å². The van der Waals surface area contributed by atoms with Crippen LogP contribution < -0.4 is 5.73 Å². The second kappa shape index (κ2) is 8.94. The van der Waals surface area contributed by atoms with Crippen LogP contribution in [-0.4, -0.2) is 12.3 Å². The Hall–Kier alpha value is -1.15. The summed E-state index contributed by atoms with van der Waals surface area (Å²) in [6, 6.07) is 10.2. The number of nitrogens with two attached hydrogens (primary N) is 1. The van der Waals surface area contributed by atoms with Gasteiger partial charge in [-0.2, -0.15) is 0 Å². The molecule has 0 heterocycles. The molecule has 0 atom stereocenters. The van der Waals surface area contributed by atoms with Gasteiger partial charge in [0.15, 0.2) is 0 Å². The smallest absolute Gasteiger partial charge is 0.133 e. The highest BCUT2D eigenvalue weighted by Crippen LogP contribution is 2.07. The standard InChI is InChI=1S/C15H23NO/c16-13-7-2-1-6-10-15(17)12-11-14-8-4-3-5-9-14/h3-5,8-9H,1-2,6-7,10-13,16H2. The second-order valence-corrected chi connectivity index (χ2v) is 4.48. The van der Waals surface area contributed by atoms with Gasteiger partial charge in [0, 0.05) is 12.8 Å². The molecule has 1 aromatic rings. The molecule has 0 aromatic heterocycles. The van der Waals surface area contributed by atoms with Gasteiger partial charge in [0.05, 0.1) is 0 Å². The highest BCUT2D eigenvalue weighted by atomic mass is 16.1. The van der Waals surface area contributed by atoms with Crippen molar-refractivity contribution in [1.29, 1.82) is 0 Å². The summed E-state index contributed by atoms with van der Waals surface area (Å²) in [7, 11) is 0. The highest BCUT2D eigenvalue weighted by molar-refractivity contribution is 5.78. The van der Waals surface area contributed by atoms with Crippen LogP contribution in [0.1, 0.15) is 44.1 Å². The molecular weight excluding hydrogens is 210 g/mol. The minimum Gasteiger partial charge on any atom is -0.330 e. The third-order valence-corrected chi connectivity index (χ3v) is 2.95. The average Bonchev–Trinajstić information content (AvgIpc) is 2.37. The zero-order valence-electron chi connectivity index (χ0n) is 10.5. The third kappa shape index (κ3) is 6.90. The van der Waals surface area contributed by atoms with Gasteiger partial charge in [-0.3, -0.25) is 4.79 Å². The maximum Gasteiger partial charge on any atom is 0.133 e. The third-order valence-electron chi connectivity index (χ3n) is 2.95. The van der Waals surface area contributed by atoms with Gasteiger partial charge in [0.1, 0.15) is 5.78 Å². The molecule has 1 rings (SSSR count). The number of rotatable bonds is 9. The Balaban J connectivity index is 2.05. The minimum absolute atomic E-state index is 0.390. The summed E-state index contributed by atoms with van der Waals surface area (Å²) in [5, 5.41) is 0. The number of carbonyl (C=O) groups is 1. The van der Waals surface area contributed by atoms with Gasteiger partial charge >= 0.3 is 0 Å². The number of aryl methyl sites for hydroxylation is 1. The van der Waals surface area contributed by atoms with Crippen molar-refractivity contribution in [3.8, 4) is 0 Å². The van der Waals surface area contributed by atoms with Gasteiger partial charge in [0.2, 0.25) is 0 Å². The summed E-state index contributed by atoms with van der Waals surface area (Å²) < 4.78 is 0. The summed E-state index contributed by atoms with van der Waals surface area (Å²) in [5.41, 5.74) is 6.67. The molecule has 0 aliphatic heterocycles. The lowest BCUT2D eigenvalue weighted by molar-refractivity contribution is -0.119. The van der Waals surface area contributed by atoms with Gasteiger partial charge in [-0.15, -0.1) is 0 Å². The predicted octanol–water partition coefficient (Wildman–Crippen LogP) is 3.10. The molecular formula is C15H23NO. The van der Waals surface area contributed by atoms with Crippen molar-refractivity contribution in [3.63, 3.8) is 0 Å². The first kappa shape index (κ1) is 13.9. The fourth-order valence-electron chi connectivity index (χ4n) is 1.87. The van der Waals surface area contributed by atoms with E-state index in [1.165, 1.54) is 5.56 Å². The molecule has 0 bridgehead atoms. The van der Waals surface area contributed by atoms with Crippen molar-refractivity contribution in [2.75, 3.05) is 6.54 Å². The lowest BCUT2D eigenvalue weighted by Crippen LogP contribution is -2.01. The second-order valence-electron chi connectivity index (χ2n) is 4.48. The first-order valence-corrected chi connectivity index (χ1v) is 6.58. The Morgan fingerprint density at radius 2 is 1.65 bits per heavy atom. The van der Waals surface area contributed by atoms with E-state index in [1.807, 2.05) is 18.2 Å². The monoisotopic (exact) mass is 233 g/mol. The molecule has 0 saturated heterocycles. The molecule has 0 amide bonds. The molecule has 0 radical (unpaired) electrons. The molecule has 2 heteroatoms. The number of carbonyl (C=O) groups excluding carboxylic acids is 1. The molecule has 0 unspecified atom stereocenters. The molecule has 1 aromatic carbocycles. The quantitative estimate of drug-likeness (QED) is 0.666. The molecule has 0 saturated carbocycles. The SMILES string of the molecule is NCCCCCCC(=O)CCc1ccccc1. The Morgan fingerprint density at radius 1 is 0.941 bits per heavy atom. The number of hydrogen-bond donors (Lipinski definition) is 1. The van der Waals surface area contributed by atoms with Crippen molar-refractivity contribution in [3.05, 3.63) is 35.9 Å². The van der Waals surface area contributed by atoms with Gasteiger partial charge in [0.25, 0.3) is 0 Å². The fourth-order valence-corrected chi connectivity index (χ4v) is 1.87. The Morgan fingerprint density at radius 3 is 2.35 bits per heavy atom. The zero-order chi connectivity index (χ0) is 12.3. The molecule has 0 spiro atoms.